The number of aliphatic imine (C=N–C) groups is 1. The first-order valence-electron chi connectivity index (χ1n) is 6.25. The summed E-state index contributed by atoms with van der Waals surface area (Å²) in [4.78, 5) is 4.70. The van der Waals surface area contributed by atoms with Crippen LogP contribution in [0.3, 0.4) is 0 Å². The molecule has 0 aliphatic carbocycles. The fraction of sp³-hybridized carbons (Fsp3) is 0.917. The van der Waals surface area contributed by atoms with E-state index in [1.807, 2.05) is 11.8 Å². The number of hydrogen-bond acceptors (Lipinski definition) is 3. The Kier molecular flexibility index (Phi) is 4.14. The van der Waals surface area contributed by atoms with Crippen molar-refractivity contribution in [2.24, 2.45) is 10.9 Å². The number of rotatable bonds is 3. The molecule has 0 aromatic rings. The Labute approximate surface area is 102 Å². The first kappa shape index (κ1) is 12.2. The standard InChI is InChI=1S/C12H22N2OS/c1-3-12(2)9-16-11(14-12)13-8-10-4-6-15-7-5-10/h10H,3-9H2,1-2H3,(H,13,14). The summed E-state index contributed by atoms with van der Waals surface area (Å²) in [6, 6.07) is 0. The molecule has 2 rings (SSSR count). The van der Waals surface area contributed by atoms with Gasteiger partial charge >= 0.3 is 0 Å². The van der Waals surface area contributed by atoms with Crippen molar-refractivity contribution >= 4 is 16.9 Å². The highest BCUT2D eigenvalue weighted by molar-refractivity contribution is 8.14. The van der Waals surface area contributed by atoms with Crippen LogP contribution in [0.5, 0.6) is 0 Å². The summed E-state index contributed by atoms with van der Waals surface area (Å²) in [5.74, 6) is 1.88. The van der Waals surface area contributed by atoms with Crippen LogP contribution in [0.25, 0.3) is 0 Å². The molecule has 16 heavy (non-hydrogen) atoms. The molecule has 2 aliphatic heterocycles. The van der Waals surface area contributed by atoms with Crippen molar-refractivity contribution in [2.75, 3.05) is 25.5 Å². The van der Waals surface area contributed by atoms with Gasteiger partial charge in [-0.1, -0.05) is 18.7 Å². The molecule has 4 heteroatoms. The van der Waals surface area contributed by atoms with Gasteiger partial charge in [-0.05, 0) is 32.1 Å². The largest absolute Gasteiger partial charge is 0.381 e. The topological polar surface area (TPSA) is 33.6 Å². The number of hydrogen-bond donors (Lipinski definition) is 1. The van der Waals surface area contributed by atoms with Crippen LogP contribution in [0.15, 0.2) is 4.99 Å². The lowest BCUT2D eigenvalue weighted by molar-refractivity contribution is 0.0689. The first-order valence-corrected chi connectivity index (χ1v) is 7.23. The predicted molar refractivity (Wildman–Crippen MR) is 70.1 cm³/mol. The summed E-state index contributed by atoms with van der Waals surface area (Å²) >= 11 is 1.87. The molecule has 0 amide bonds. The van der Waals surface area contributed by atoms with Gasteiger partial charge in [-0.3, -0.25) is 4.99 Å². The Morgan fingerprint density at radius 2 is 2.25 bits per heavy atom. The molecule has 0 spiro atoms. The monoisotopic (exact) mass is 242 g/mol. The van der Waals surface area contributed by atoms with Crippen LogP contribution < -0.4 is 5.32 Å². The van der Waals surface area contributed by atoms with Crippen molar-refractivity contribution in [1.82, 2.24) is 5.32 Å². The average molecular weight is 242 g/mol. The van der Waals surface area contributed by atoms with Gasteiger partial charge in [0.15, 0.2) is 5.17 Å². The molecule has 1 atom stereocenters. The summed E-state index contributed by atoms with van der Waals surface area (Å²) in [5.41, 5.74) is 0.263. The third-order valence-electron chi connectivity index (χ3n) is 3.55. The molecule has 2 fully saturated rings. The Morgan fingerprint density at radius 3 is 2.88 bits per heavy atom. The molecule has 92 valence electrons. The SMILES string of the molecule is CCC1(C)CSC(=NCC2CCOCC2)N1. The molecule has 2 saturated heterocycles. The fourth-order valence-electron chi connectivity index (χ4n) is 1.97. The van der Waals surface area contributed by atoms with Crippen molar-refractivity contribution in [3.63, 3.8) is 0 Å². The molecule has 0 saturated carbocycles. The second kappa shape index (κ2) is 5.41. The number of thioether (sulfide) groups is 1. The van der Waals surface area contributed by atoms with Crippen LogP contribution in [0, 0.1) is 5.92 Å². The van der Waals surface area contributed by atoms with Gasteiger partial charge in [0.05, 0.1) is 0 Å². The highest BCUT2D eigenvalue weighted by Crippen LogP contribution is 2.26. The molecule has 1 unspecified atom stereocenters. The maximum Gasteiger partial charge on any atom is 0.157 e. The van der Waals surface area contributed by atoms with Crippen molar-refractivity contribution < 1.29 is 4.74 Å². The zero-order valence-electron chi connectivity index (χ0n) is 10.3. The minimum absolute atomic E-state index is 0.263. The summed E-state index contributed by atoms with van der Waals surface area (Å²) in [5, 5.41) is 4.69. The number of amidine groups is 1. The van der Waals surface area contributed by atoms with E-state index in [1.54, 1.807) is 0 Å². The van der Waals surface area contributed by atoms with Crippen LogP contribution in [0.1, 0.15) is 33.1 Å². The zero-order valence-corrected chi connectivity index (χ0v) is 11.1. The van der Waals surface area contributed by atoms with Gasteiger partial charge < -0.3 is 10.1 Å². The minimum atomic E-state index is 0.263. The molecule has 0 aromatic heterocycles. The normalized spacial score (nSPS) is 34.2. The van der Waals surface area contributed by atoms with Crippen molar-refractivity contribution in [1.29, 1.82) is 0 Å². The number of ether oxygens (including phenoxy) is 1. The Morgan fingerprint density at radius 1 is 1.50 bits per heavy atom. The van der Waals surface area contributed by atoms with Crippen LogP contribution >= 0.6 is 11.8 Å². The molecule has 1 N–H and O–H groups in total. The fourth-order valence-corrected chi connectivity index (χ4v) is 3.19. The van der Waals surface area contributed by atoms with E-state index in [0.717, 1.165) is 43.0 Å². The minimum Gasteiger partial charge on any atom is -0.381 e. The molecule has 0 bridgehead atoms. The molecular formula is C12H22N2OS. The Hall–Kier alpha value is -0.220. The molecule has 0 radical (unpaired) electrons. The summed E-state index contributed by atoms with van der Waals surface area (Å²) < 4.78 is 5.35. The third-order valence-corrected chi connectivity index (χ3v) is 4.84. The van der Waals surface area contributed by atoms with Crippen LogP contribution in [0.2, 0.25) is 0 Å². The number of nitrogens with one attached hydrogen (secondary N) is 1. The highest BCUT2D eigenvalue weighted by atomic mass is 32.2. The van der Waals surface area contributed by atoms with Crippen molar-refractivity contribution in [2.45, 2.75) is 38.6 Å². The van der Waals surface area contributed by atoms with E-state index in [4.69, 9.17) is 9.73 Å². The average Bonchev–Trinajstić information content (AvgIpc) is 2.71. The van der Waals surface area contributed by atoms with E-state index in [9.17, 15) is 0 Å². The molecule has 0 aromatic carbocycles. The van der Waals surface area contributed by atoms with Crippen LogP contribution in [-0.2, 0) is 4.74 Å². The van der Waals surface area contributed by atoms with E-state index in [0.29, 0.717) is 0 Å². The van der Waals surface area contributed by atoms with Gasteiger partial charge in [-0.2, -0.15) is 0 Å². The lowest BCUT2D eigenvalue weighted by atomic mass is 10.0. The summed E-state index contributed by atoms with van der Waals surface area (Å²) in [6.07, 6.45) is 3.51. The second-order valence-corrected chi connectivity index (χ2v) is 5.99. The van der Waals surface area contributed by atoms with E-state index >= 15 is 0 Å². The second-order valence-electron chi connectivity index (χ2n) is 5.03. The quantitative estimate of drug-likeness (QED) is 0.824. The van der Waals surface area contributed by atoms with E-state index < -0.39 is 0 Å². The van der Waals surface area contributed by atoms with Gasteiger partial charge in [-0.25, -0.2) is 0 Å². The van der Waals surface area contributed by atoms with E-state index in [2.05, 4.69) is 19.2 Å². The first-order chi connectivity index (χ1) is 7.72. The van der Waals surface area contributed by atoms with E-state index in [1.165, 1.54) is 12.8 Å². The van der Waals surface area contributed by atoms with Crippen LogP contribution in [-0.4, -0.2) is 36.2 Å². The van der Waals surface area contributed by atoms with Gasteiger partial charge in [-0.15, -0.1) is 0 Å². The molecule has 2 heterocycles. The van der Waals surface area contributed by atoms with E-state index in [-0.39, 0.29) is 5.54 Å². The zero-order chi connectivity index (χ0) is 11.4. The lowest BCUT2D eigenvalue weighted by Gasteiger charge is -2.22. The highest BCUT2D eigenvalue weighted by Gasteiger charge is 2.30. The summed E-state index contributed by atoms with van der Waals surface area (Å²) in [7, 11) is 0. The third kappa shape index (κ3) is 3.14. The smallest absolute Gasteiger partial charge is 0.157 e. The van der Waals surface area contributed by atoms with Gasteiger partial charge in [0.1, 0.15) is 0 Å². The molecular weight excluding hydrogens is 220 g/mol. The predicted octanol–water partition coefficient (Wildman–Crippen LogP) is 2.27. The van der Waals surface area contributed by atoms with Gasteiger partial charge in [0.25, 0.3) is 0 Å². The maximum absolute atomic E-state index is 5.35. The lowest BCUT2D eigenvalue weighted by Crippen LogP contribution is -2.39. The van der Waals surface area contributed by atoms with Crippen LogP contribution in [0.4, 0.5) is 0 Å². The Balaban J connectivity index is 1.80. The van der Waals surface area contributed by atoms with Gasteiger partial charge in [0, 0.05) is 31.1 Å². The summed E-state index contributed by atoms with van der Waals surface area (Å²) in [6.45, 7) is 7.32. The van der Waals surface area contributed by atoms with Crippen molar-refractivity contribution in [3.8, 4) is 0 Å². The maximum atomic E-state index is 5.35. The Bertz CT molecular complexity index is 264. The number of nitrogens with zero attached hydrogens (tertiary/aromatic N) is 1. The molecule has 3 nitrogen and oxygen atoms in total. The molecule has 2 aliphatic rings. The van der Waals surface area contributed by atoms with Crippen molar-refractivity contribution in [3.05, 3.63) is 0 Å². The van der Waals surface area contributed by atoms with Gasteiger partial charge in [0.2, 0.25) is 0 Å².